The molecule has 2 heterocycles. The van der Waals surface area contributed by atoms with E-state index in [4.69, 9.17) is 19.1 Å². The molecule has 0 aromatic heterocycles. The monoisotopic (exact) mass is 936 g/mol. The van der Waals surface area contributed by atoms with Crippen molar-refractivity contribution in [1.82, 2.24) is 10.1 Å². The molecule has 2 fully saturated rings. The van der Waals surface area contributed by atoms with Crippen LogP contribution in [0.3, 0.4) is 0 Å². The van der Waals surface area contributed by atoms with Gasteiger partial charge in [0, 0.05) is 23.9 Å². The van der Waals surface area contributed by atoms with Gasteiger partial charge < -0.3 is 9.47 Å². The van der Waals surface area contributed by atoms with Gasteiger partial charge in [0.25, 0.3) is 0 Å². The maximum atomic E-state index is 13.5. The van der Waals surface area contributed by atoms with E-state index < -0.39 is 34.1 Å². The summed E-state index contributed by atoms with van der Waals surface area (Å²) >= 11 is 4.78. The molecular formula is C42H54I2N2O6. The number of rotatable bonds is 10. The number of hydroxylamine groups is 4. The zero-order valence-electron chi connectivity index (χ0n) is 32.1. The Balaban J connectivity index is 1.21. The van der Waals surface area contributed by atoms with E-state index >= 15 is 0 Å². The molecule has 3 aromatic rings. The molecule has 5 rings (SSSR count). The predicted octanol–water partition coefficient (Wildman–Crippen LogP) is 10.3. The molecule has 3 aromatic carbocycles. The average Bonchev–Trinajstić information content (AvgIpc) is 3.10. The molecule has 6 unspecified atom stereocenters. The first kappa shape index (κ1) is 41.1. The van der Waals surface area contributed by atoms with Crippen LogP contribution in [0.1, 0.15) is 126 Å². The maximum Gasteiger partial charge on any atom is 0.338 e. The van der Waals surface area contributed by atoms with E-state index in [9.17, 15) is 9.59 Å². The van der Waals surface area contributed by atoms with E-state index in [0.717, 1.165) is 11.1 Å². The lowest BCUT2D eigenvalue weighted by Gasteiger charge is -2.56. The third-order valence-electron chi connectivity index (χ3n) is 10.5. The molecule has 282 valence electrons. The van der Waals surface area contributed by atoms with Crippen molar-refractivity contribution in [1.29, 1.82) is 0 Å². The molecule has 2 aliphatic rings. The summed E-state index contributed by atoms with van der Waals surface area (Å²) in [7, 11) is 0. The molecule has 8 nitrogen and oxygen atoms in total. The number of carbonyl (C=O) groups is 2. The molecule has 0 radical (unpaired) electrons. The van der Waals surface area contributed by atoms with Gasteiger partial charge in [-0.15, -0.1) is 0 Å². The lowest BCUT2D eigenvalue weighted by atomic mass is 9.80. The number of esters is 2. The van der Waals surface area contributed by atoms with Crippen molar-refractivity contribution >= 4 is 57.1 Å². The normalized spacial score (nSPS) is 26.5. The number of hydrogen-bond acceptors (Lipinski definition) is 8. The topological polar surface area (TPSA) is 77.5 Å². The zero-order chi connectivity index (χ0) is 38.2. The Hall–Kier alpha value is -2.10. The summed E-state index contributed by atoms with van der Waals surface area (Å²) in [6.07, 6.45) is 0.245. The van der Waals surface area contributed by atoms with Crippen molar-refractivity contribution in [2.24, 2.45) is 0 Å². The molecule has 0 bridgehead atoms. The molecule has 10 heteroatoms. The Labute approximate surface area is 337 Å². The highest BCUT2D eigenvalue weighted by Gasteiger charge is 2.55. The highest BCUT2D eigenvalue weighted by Crippen LogP contribution is 2.46. The van der Waals surface area contributed by atoms with Crippen molar-refractivity contribution in [2.45, 2.75) is 136 Å². The van der Waals surface area contributed by atoms with Crippen LogP contribution in [0.5, 0.6) is 0 Å². The van der Waals surface area contributed by atoms with Crippen molar-refractivity contribution in [3.63, 3.8) is 0 Å². The number of piperidine rings is 2. The van der Waals surface area contributed by atoms with Crippen molar-refractivity contribution in [2.75, 3.05) is 0 Å². The second-order valence-electron chi connectivity index (χ2n) is 16.5. The minimum Gasteiger partial charge on any atom is -0.458 e. The van der Waals surface area contributed by atoms with Crippen LogP contribution >= 0.6 is 45.2 Å². The number of carbonyl (C=O) groups excluding carboxylic acids is 2. The van der Waals surface area contributed by atoms with Gasteiger partial charge in [0.15, 0.2) is 0 Å². The van der Waals surface area contributed by atoms with Gasteiger partial charge in [0.2, 0.25) is 0 Å². The van der Waals surface area contributed by atoms with Crippen LogP contribution < -0.4 is 0 Å². The van der Waals surface area contributed by atoms with Gasteiger partial charge in [0.05, 0.1) is 30.1 Å². The highest BCUT2D eigenvalue weighted by molar-refractivity contribution is 14.1. The minimum atomic E-state index is -0.439. The quantitative estimate of drug-likeness (QED) is 0.113. The van der Waals surface area contributed by atoms with Crippen molar-refractivity contribution in [3.05, 3.63) is 107 Å². The fourth-order valence-corrected chi connectivity index (χ4v) is 9.16. The minimum absolute atomic E-state index is 0.0487. The highest BCUT2D eigenvalue weighted by atomic mass is 127. The largest absolute Gasteiger partial charge is 0.458 e. The molecule has 0 amide bonds. The van der Waals surface area contributed by atoms with E-state index in [0.29, 0.717) is 24.0 Å². The first-order chi connectivity index (χ1) is 24.3. The Bertz CT molecular complexity index is 1560. The smallest absolute Gasteiger partial charge is 0.338 e. The molecule has 0 saturated carbocycles. The first-order valence-electron chi connectivity index (χ1n) is 18.1. The fourth-order valence-electron chi connectivity index (χ4n) is 7.85. The lowest BCUT2D eigenvalue weighted by molar-refractivity contribution is -0.309. The van der Waals surface area contributed by atoms with Gasteiger partial charge in [-0.3, -0.25) is 9.68 Å². The van der Waals surface area contributed by atoms with E-state index in [-0.39, 0.29) is 32.3 Å². The van der Waals surface area contributed by atoms with Crippen molar-refractivity contribution < 1.29 is 28.7 Å². The van der Waals surface area contributed by atoms with Crippen LogP contribution in [0.15, 0.2) is 84.9 Å². The van der Waals surface area contributed by atoms with E-state index in [1.807, 2.05) is 36.4 Å². The third kappa shape index (κ3) is 8.72. The number of benzene rings is 3. The number of halogens is 2. The first-order valence-corrected chi connectivity index (χ1v) is 20.6. The molecule has 0 N–H and O–H groups in total. The van der Waals surface area contributed by atoms with Gasteiger partial charge in [-0.25, -0.2) is 9.59 Å². The van der Waals surface area contributed by atoms with Crippen LogP contribution in [0.4, 0.5) is 0 Å². The van der Waals surface area contributed by atoms with Gasteiger partial charge in [-0.05, 0) is 105 Å². The third-order valence-corrected chi connectivity index (χ3v) is 15.1. The van der Waals surface area contributed by atoms with E-state index in [1.165, 1.54) is 0 Å². The molecule has 0 spiro atoms. The van der Waals surface area contributed by atoms with Crippen molar-refractivity contribution in [3.8, 4) is 0 Å². The Morgan fingerprint density at radius 3 is 1.19 bits per heavy atom. The Kier molecular flexibility index (Phi) is 12.6. The van der Waals surface area contributed by atoms with Gasteiger partial charge in [0.1, 0.15) is 24.4 Å². The second-order valence-corrected chi connectivity index (χ2v) is 19.2. The molecule has 2 saturated heterocycles. The SMILES string of the molecule is CC(ON1C(C)(C)CC(OC(=O)c2ccc(C(=O)OC3CC(C)(C)N(OC(C)c4ccccc4)C(C)(C)C3I)cc2)C(I)C1(C)C)c1ccccc1. The summed E-state index contributed by atoms with van der Waals surface area (Å²) in [6.45, 7) is 21.2. The summed E-state index contributed by atoms with van der Waals surface area (Å²) in [5.74, 6) is -0.837. The molecular weight excluding hydrogens is 882 g/mol. The average molecular weight is 937 g/mol. The van der Waals surface area contributed by atoms with Crippen LogP contribution in [0.2, 0.25) is 0 Å². The molecule has 52 heavy (non-hydrogen) atoms. The standard InChI is InChI=1S/C42H54I2N2O6/c1-27(29-17-13-11-14-18-29)51-45-39(3,4)25-33(35(43)41(45,7)8)49-37(47)31-21-23-32(24-22-31)38(48)50-34-26-40(5,6)46(42(9,10)36(34)44)52-28(2)30-19-15-12-16-20-30/h11-24,27-28,33-36H,25-26H2,1-10H3. The molecule has 2 aliphatic heterocycles. The van der Waals surface area contributed by atoms with E-state index in [1.54, 1.807) is 24.3 Å². The van der Waals surface area contributed by atoms with Gasteiger partial charge >= 0.3 is 11.9 Å². The maximum absolute atomic E-state index is 13.5. The summed E-state index contributed by atoms with van der Waals surface area (Å²) in [5.41, 5.74) is 1.29. The Morgan fingerprint density at radius 1 is 0.577 bits per heavy atom. The van der Waals surface area contributed by atoms with Gasteiger partial charge in [-0.1, -0.05) is 106 Å². The second kappa shape index (κ2) is 15.9. The number of nitrogens with zero attached hydrogens (tertiary/aromatic N) is 2. The zero-order valence-corrected chi connectivity index (χ0v) is 36.4. The number of alkyl halides is 2. The number of ether oxygens (including phenoxy) is 2. The summed E-state index contributed by atoms with van der Waals surface area (Å²) in [6, 6.07) is 26.9. The lowest BCUT2D eigenvalue weighted by Crippen LogP contribution is -2.67. The molecule has 0 aliphatic carbocycles. The van der Waals surface area contributed by atoms with E-state index in [2.05, 4.69) is 149 Å². The van der Waals surface area contributed by atoms with Crippen LogP contribution in [0, 0.1) is 0 Å². The predicted molar refractivity (Wildman–Crippen MR) is 222 cm³/mol. The van der Waals surface area contributed by atoms with Crippen LogP contribution in [-0.2, 0) is 19.1 Å². The Morgan fingerprint density at radius 2 is 0.885 bits per heavy atom. The summed E-state index contributed by atoms with van der Waals surface area (Å²) < 4.78 is 12.3. The molecule has 6 atom stereocenters. The van der Waals surface area contributed by atoms with Crippen LogP contribution in [-0.4, -0.2) is 64.3 Å². The summed E-state index contributed by atoms with van der Waals surface area (Å²) in [5, 5.41) is 4.17. The fraction of sp³-hybridized carbons (Fsp3) is 0.524. The van der Waals surface area contributed by atoms with Crippen LogP contribution in [0.25, 0.3) is 0 Å². The number of hydrogen-bond donors (Lipinski definition) is 0. The summed E-state index contributed by atoms with van der Waals surface area (Å²) in [4.78, 5) is 40.2. The van der Waals surface area contributed by atoms with Gasteiger partial charge in [-0.2, -0.15) is 10.1 Å².